The Morgan fingerprint density at radius 3 is 1.75 bits per heavy atom. The molecule has 194 valence electrons. The first-order valence-electron chi connectivity index (χ1n) is 14.2. The van der Waals surface area contributed by atoms with Crippen LogP contribution in [0.4, 0.5) is 0 Å². The van der Waals surface area contributed by atoms with E-state index in [-0.39, 0.29) is 5.97 Å². The largest absolute Gasteiger partial charge is 0.422 e. The van der Waals surface area contributed by atoms with E-state index in [1.807, 2.05) is 30.3 Å². The summed E-state index contributed by atoms with van der Waals surface area (Å²) in [4.78, 5) is 14.6. The summed E-state index contributed by atoms with van der Waals surface area (Å²) in [5.41, 5.74) is 3.73. The summed E-state index contributed by atoms with van der Waals surface area (Å²) in [6.07, 6.45) is 17.9. The summed E-state index contributed by atoms with van der Waals surface area (Å²) in [5, 5.41) is 0. The second-order valence-electron chi connectivity index (χ2n) is 9.91. The minimum Gasteiger partial charge on any atom is -0.422 e. The Labute approximate surface area is 223 Å². The van der Waals surface area contributed by atoms with E-state index in [2.05, 4.69) is 44.2 Å². The van der Waals surface area contributed by atoms with E-state index in [9.17, 15) is 4.79 Å². The number of carbonyl (C=O) groups is 1. The van der Waals surface area contributed by atoms with Crippen molar-refractivity contribution in [3.05, 3.63) is 76.0 Å². The predicted molar refractivity (Wildman–Crippen MR) is 155 cm³/mol. The first-order valence-corrected chi connectivity index (χ1v) is 15.0. The highest BCUT2D eigenvalue weighted by Gasteiger charge is 2.12. The third-order valence-corrected chi connectivity index (χ3v) is 7.94. The van der Waals surface area contributed by atoms with Crippen molar-refractivity contribution in [2.24, 2.45) is 0 Å². The molecular weight excluding hydrogens is 460 g/mol. The van der Waals surface area contributed by atoms with E-state index in [0.29, 0.717) is 10.6 Å². The third-order valence-electron chi connectivity index (χ3n) is 6.81. The van der Waals surface area contributed by atoms with E-state index in [1.54, 1.807) is 11.3 Å². The molecule has 0 bridgehead atoms. The van der Waals surface area contributed by atoms with Crippen LogP contribution in [0.25, 0.3) is 11.1 Å². The smallest absolute Gasteiger partial charge is 0.353 e. The van der Waals surface area contributed by atoms with Crippen molar-refractivity contribution in [2.45, 2.75) is 104 Å². The maximum absolute atomic E-state index is 12.6. The molecule has 0 aliphatic heterocycles. The number of unbranched alkanes of at least 4 members (excludes halogenated alkanes) is 10. The molecule has 0 amide bonds. The van der Waals surface area contributed by atoms with Crippen molar-refractivity contribution < 1.29 is 9.53 Å². The topological polar surface area (TPSA) is 26.3 Å². The Bertz CT molecular complexity index is 1000. The number of carbonyl (C=O) groups excluding carboxylic acids is 1. The summed E-state index contributed by atoms with van der Waals surface area (Å²) in [6, 6.07) is 20.7. The van der Waals surface area contributed by atoms with E-state index in [1.165, 1.54) is 93.1 Å². The molecule has 0 radical (unpaired) electrons. The van der Waals surface area contributed by atoms with Crippen LogP contribution in [0.5, 0.6) is 5.75 Å². The van der Waals surface area contributed by atoms with Crippen LogP contribution in [0.15, 0.2) is 60.7 Å². The minimum atomic E-state index is -0.262. The van der Waals surface area contributed by atoms with Crippen molar-refractivity contribution in [1.29, 1.82) is 0 Å². The molecule has 0 spiro atoms. The molecule has 0 aliphatic rings. The molecule has 0 N–H and O–H groups in total. The Kier molecular flexibility index (Phi) is 12.8. The molecule has 2 nitrogen and oxygen atoms in total. The third kappa shape index (κ3) is 9.93. The molecule has 36 heavy (non-hydrogen) atoms. The molecule has 0 unspecified atom stereocenters. The van der Waals surface area contributed by atoms with Gasteiger partial charge in [-0.25, -0.2) is 4.79 Å². The zero-order chi connectivity index (χ0) is 25.4. The van der Waals surface area contributed by atoms with Crippen LogP contribution in [-0.2, 0) is 12.8 Å². The van der Waals surface area contributed by atoms with Crippen LogP contribution < -0.4 is 4.74 Å². The summed E-state index contributed by atoms with van der Waals surface area (Å²) in [6.45, 7) is 4.51. The maximum Gasteiger partial charge on any atom is 0.353 e. The van der Waals surface area contributed by atoms with Gasteiger partial charge in [0.15, 0.2) is 0 Å². The highest BCUT2D eigenvalue weighted by molar-refractivity contribution is 7.13. The Balaban J connectivity index is 1.42. The molecule has 2 aromatic carbocycles. The van der Waals surface area contributed by atoms with Crippen LogP contribution in [0.3, 0.4) is 0 Å². The fourth-order valence-electron chi connectivity index (χ4n) is 4.55. The van der Waals surface area contributed by atoms with E-state index in [0.717, 1.165) is 18.4 Å². The van der Waals surface area contributed by atoms with Gasteiger partial charge in [0.1, 0.15) is 10.6 Å². The van der Waals surface area contributed by atoms with Crippen LogP contribution >= 0.6 is 11.3 Å². The maximum atomic E-state index is 12.6. The van der Waals surface area contributed by atoms with Crippen LogP contribution in [0.2, 0.25) is 0 Å². The molecule has 0 atom stereocenters. The van der Waals surface area contributed by atoms with Gasteiger partial charge in [0, 0.05) is 4.88 Å². The monoisotopic (exact) mass is 504 g/mol. The molecule has 1 heterocycles. The zero-order valence-corrected chi connectivity index (χ0v) is 23.2. The fourth-order valence-corrected chi connectivity index (χ4v) is 5.47. The number of thiophene rings is 1. The number of rotatable bonds is 17. The molecule has 3 heteroatoms. The second kappa shape index (κ2) is 16.4. The number of ether oxygens (including phenoxy) is 1. The quantitative estimate of drug-likeness (QED) is 0.104. The normalized spacial score (nSPS) is 11.1. The SMILES string of the molecule is CCCCCCCCCc1ccc(C(=O)Oc2ccc(-c3ccc(CCCCCCC)cc3)cc2)s1. The summed E-state index contributed by atoms with van der Waals surface area (Å²) in [7, 11) is 0. The van der Waals surface area contributed by atoms with Crippen LogP contribution in [0, 0.1) is 0 Å². The highest BCUT2D eigenvalue weighted by Crippen LogP contribution is 2.25. The van der Waals surface area contributed by atoms with Gasteiger partial charge in [0.25, 0.3) is 0 Å². The lowest BCUT2D eigenvalue weighted by atomic mass is 10.0. The molecular formula is C33H44O2S. The van der Waals surface area contributed by atoms with Gasteiger partial charge in [-0.05, 0) is 66.6 Å². The molecule has 0 aliphatic carbocycles. The minimum absolute atomic E-state index is 0.262. The van der Waals surface area contributed by atoms with Crippen LogP contribution in [0.1, 0.15) is 111 Å². The number of hydrogen-bond donors (Lipinski definition) is 0. The standard InChI is InChI=1S/C33H44O2S/c1-3-5-7-9-10-12-14-16-31-25-26-32(36-31)33(34)35-30-23-21-29(22-24-30)28-19-17-27(18-20-28)15-13-11-8-6-4-2/h17-26H,3-16H2,1-2H3. The van der Waals surface area contributed by atoms with Crippen molar-refractivity contribution in [3.63, 3.8) is 0 Å². The Morgan fingerprint density at radius 2 is 1.14 bits per heavy atom. The van der Waals surface area contributed by atoms with Crippen molar-refractivity contribution in [1.82, 2.24) is 0 Å². The van der Waals surface area contributed by atoms with E-state index in [4.69, 9.17) is 4.74 Å². The average Bonchev–Trinajstić information content (AvgIpc) is 3.38. The van der Waals surface area contributed by atoms with Gasteiger partial charge in [0.2, 0.25) is 0 Å². The van der Waals surface area contributed by atoms with Gasteiger partial charge in [0.05, 0.1) is 0 Å². The fraction of sp³-hybridized carbons (Fsp3) is 0.485. The summed E-state index contributed by atoms with van der Waals surface area (Å²) < 4.78 is 5.65. The van der Waals surface area contributed by atoms with E-state index < -0.39 is 0 Å². The summed E-state index contributed by atoms with van der Waals surface area (Å²) in [5.74, 6) is 0.330. The molecule has 3 rings (SSSR count). The second-order valence-corrected chi connectivity index (χ2v) is 11.1. The van der Waals surface area contributed by atoms with Crippen molar-refractivity contribution in [2.75, 3.05) is 0 Å². The van der Waals surface area contributed by atoms with Gasteiger partial charge in [-0.2, -0.15) is 0 Å². The van der Waals surface area contributed by atoms with E-state index >= 15 is 0 Å². The number of aryl methyl sites for hydroxylation is 2. The van der Waals surface area contributed by atoms with Crippen LogP contribution in [-0.4, -0.2) is 5.97 Å². The number of benzene rings is 2. The highest BCUT2D eigenvalue weighted by atomic mass is 32.1. The summed E-state index contributed by atoms with van der Waals surface area (Å²) >= 11 is 1.57. The lowest BCUT2D eigenvalue weighted by molar-refractivity contribution is 0.0740. The molecule has 1 aromatic heterocycles. The lowest BCUT2D eigenvalue weighted by Gasteiger charge is -2.07. The van der Waals surface area contributed by atoms with Crippen molar-refractivity contribution in [3.8, 4) is 16.9 Å². The van der Waals surface area contributed by atoms with Gasteiger partial charge in [-0.1, -0.05) is 114 Å². The Hall–Kier alpha value is -2.39. The predicted octanol–water partition coefficient (Wildman–Crippen LogP) is 10.4. The Morgan fingerprint density at radius 1 is 0.611 bits per heavy atom. The van der Waals surface area contributed by atoms with Gasteiger partial charge in [-0.15, -0.1) is 11.3 Å². The molecule has 0 saturated carbocycles. The molecule has 0 fully saturated rings. The van der Waals surface area contributed by atoms with Crippen molar-refractivity contribution >= 4 is 17.3 Å². The van der Waals surface area contributed by atoms with Gasteiger partial charge in [-0.3, -0.25) is 0 Å². The molecule has 0 saturated heterocycles. The number of hydrogen-bond acceptors (Lipinski definition) is 3. The first-order chi connectivity index (χ1) is 17.7. The van der Waals surface area contributed by atoms with Gasteiger partial charge >= 0.3 is 5.97 Å². The van der Waals surface area contributed by atoms with Gasteiger partial charge < -0.3 is 4.74 Å². The first kappa shape index (κ1) is 28.2. The molecule has 3 aromatic rings. The number of esters is 1. The zero-order valence-electron chi connectivity index (χ0n) is 22.4. The average molecular weight is 505 g/mol. The lowest BCUT2D eigenvalue weighted by Crippen LogP contribution is -2.06.